The second kappa shape index (κ2) is 6.69. The summed E-state index contributed by atoms with van der Waals surface area (Å²) in [4.78, 5) is 36.0. The van der Waals surface area contributed by atoms with Gasteiger partial charge in [0.2, 0.25) is 5.82 Å². The Morgan fingerprint density at radius 2 is 2.13 bits per heavy atom. The van der Waals surface area contributed by atoms with Crippen molar-refractivity contribution >= 4 is 23.3 Å². The first kappa shape index (κ1) is 16.1. The lowest BCUT2D eigenvalue weighted by atomic mass is 10.2. The van der Waals surface area contributed by atoms with Crippen molar-refractivity contribution in [3.05, 3.63) is 58.2 Å². The fourth-order valence-electron chi connectivity index (χ4n) is 1.71. The van der Waals surface area contributed by atoms with E-state index in [1.54, 1.807) is 6.07 Å². The first-order chi connectivity index (χ1) is 10.9. The molecule has 23 heavy (non-hydrogen) atoms. The van der Waals surface area contributed by atoms with Gasteiger partial charge in [-0.25, -0.2) is 4.79 Å². The molecule has 8 nitrogen and oxygen atoms in total. The predicted octanol–water partition coefficient (Wildman–Crippen LogP) is 2.25. The number of amides is 1. The summed E-state index contributed by atoms with van der Waals surface area (Å²) in [6.45, 7) is 1.34. The zero-order valence-electron chi connectivity index (χ0n) is 11.9. The van der Waals surface area contributed by atoms with E-state index in [0.717, 1.165) is 12.1 Å². The van der Waals surface area contributed by atoms with Crippen molar-refractivity contribution < 1.29 is 23.6 Å². The molecule has 0 saturated carbocycles. The van der Waals surface area contributed by atoms with Gasteiger partial charge in [0.25, 0.3) is 5.91 Å². The summed E-state index contributed by atoms with van der Waals surface area (Å²) in [5, 5.41) is 13.0. The zero-order valence-corrected chi connectivity index (χ0v) is 11.9. The molecule has 120 valence electrons. The molecule has 0 radical (unpaired) electrons. The number of nitro groups is 1. The van der Waals surface area contributed by atoms with Crippen LogP contribution in [0.5, 0.6) is 0 Å². The van der Waals surface area contributed by atoms with Crippen LogP contribution in [0.1, 0.15) is 17.4 Å². The number of nitrogens with one attached hydrogen (secondary N) is 2. The molecule has 0 fully saturated rings. The highest BCUT2D eigenvalue weighted by Crippen LogP contribution is 2.21. The molecule has 1 heterocycles. The zero-order chi connectivity index (χ0) is 17.0. The third-order valence-corrected chi connectivity index (χ3v) is 2.88. The number of ether oxygens (including phenoxy) is 1. The molecule has 2 aromatic rings. The van der Waals surface area contributed by atoms with E-state index in [1.807, 2.05) is 0 Å². The summed E-state index contributed by atoms with van der Waals surface area (Å²) >= 11 is 0. The molecule has 2 N–H and O–H groups in total. The molecular weight excluding hydrogens is 309 g/mol. The van der Waals surface area contributed by atoms with E-state index >= 15 is 0 Å². The summed E-state index contributed by atoms with van der Waals surface area (Å²) in [5.74, 6) is -2.44. The third-order valence-electron chi connectivity index (χ3n) is 2.88. The standard InChI is InChI=1S/C14H12FN3O5/c1-8(23-14(20)11-3-2-6-16-11)13(19)17-9-4-5-10(15)12(7-9)18(21)22/h2-8,16H,1H3,(H,17,19)/t8-/m0/s1. The Bertz CT molecular complexity index is 745. The quantitative estimate of drug-likeness (QED) is 0.498. The molecule has 1 aromatic carbocycles. The van der Waals surface area contributed by atoms with Gasteiger partial charge in [-0.05, 0) is 31.2 Å². The predicted molar refractivity (Wildman–Crippen MR) is 77.4 cm³/mol. The molecule has 0 aliphatic carbocycles. The van der Waals surface area contributed by atoms with Crippen LogP contribution in [0.3, 0.4) is 0 Å². The van der Waals surface area contributed by atoms with E-state index in [2.05, 4.69) is 10.3 Å². The van der Waals surface area contributed by atoms with Gasteiger partial charge in [0.15, 0.2) is 6.10 Å². The largest absolute Gasteiger partial charge is 0.448 e. The van der Waals surface area contributed by atoms with E-state index in [9.17, 15) is 24.1 Å². The second-order valence-corrected chi connectivity index (χ2v) is 4.54. The van der Waals surface area contributed by atoms with Crippen LogP contribution in [-0.2, 0) is 9.53 Å². The number of H-pyrrole nitrogens is 1. The van der Waals surface area contributed by atoms with Gasteiger partial charge in [0.05, 0.1) is 4.92 Å². The summed E-state index contributed by atoms with van der Waals surface area (Å²) in [6.07, 6.45) is 0.383. The molecule has 1 amide bonds. The minimum absolute atomic E-state index is 0.0193. The van der Waals surface area contributed by atoms with Crippen LogP contribution in [0.2, 0.25) is 0 Å². The Kier molecular flexibility index (Phi) is 4.69. The molecule has 0 aliphatic rings. The number of nitrogens with zero attached hydrogens (tertiary/aromatic N) is 1. The Labute approximate surface area is 129 Å². The van der Waals surface area contributed by atoms with Gasteiger partial charge in [-0.15, -0.1) is 0 Å². The van der Waals surface area contributed by atoms with Crippen LogP contribution in [0.4, 0.5) is 15.8 Å². The van der Waals surface area contributed by atoms with Gasteiger partial charge in [-0.1, -0.05) is 0 Å². The van der Waals surface area contributed by atoms with Crippen LogP contribution in [-0.4, -0.2) is 27.9 Å². The number of hydrogen-bond acceptors (Lipinski definition) is 5. The number of nitro benzene ring substituents is 1. The molecule has 0 saturated heterocycles. The summed E-state index contributed by atoms with van der Waals surface area (Å²) in [5.41, 5.74) is -0.563. The number of rotatable bonds is 5. The number of carbonyl (C=O) groups excluding carboxylic acids is 2. The SMILES string of the molecule is C[C@H](OC(=O)c1ccc[nH]1)C(=O)Nc1ccc(F)c([N+](=O)[O-])c1. The second-order valence-electron chi connectivity index (χ2n) is 4.54. The van der Waals surface area contributed by atoms with Crippen LogP contribution in [0.25, 0.3) is 0 Å². The average molecular weight is 321 g/mol. The van der Waals surface area contributed by atoms with E-state index < -0.39 is 34.4 Å². The van der Waals surface area contributed by atoms with Crippen molar-refractivity contribution in [3.63, 3.8) is 0 Å². The van der Waals surface area contributed by atoms with Gasteiger partial charge in [-0.3, -0.25) is 14.9 Å². The maximum Gasteiger partial charge on any atom is 0.355 e. The lowest BCUT2D eigenvalue weighted by Gasteiger charge is -2.13. The minimum Gasteiger partial charge on any atom is -0.448 e. The molecule has 2 rings (SSSR count). The highest BCUT2D eigenvalue weighted by molar-refractivity contribution is 5.97. The number of aromatic amines is 1. The van der Waals surface area contributed by atoms with E-state index in [4.69, 9.17) is 4.74 Å². The number of halogens is 1. The molecular formula is C14H12FN3O5. The van der Waals surface area contributed by atoms with Crippen molar-refractivity contribution in [2.24, 2.45) is 0 Å². The van der Waals surface area contributed by atoms with E-state index in [-0.39, 0.29) is 11.4 Å². The number of carbonyl (C=O) groups is 2. The van der Waals surface area contributed by atoms with Gasteiger partial charge in [-0.2, -0.15) is 4.39 Å². The maximum atomic E-state index is 13.2. The fourth-order valence-corrected chi connectivity index (χ4v) is 1.71. The van der Waals surface area contributed by atoms with Crippen molar-refractivity contribution in [2.75, 3.05) is 5.32 Å². The number of esters is 1. The Morgan fingerprint density at radius 1 is 1.39 bits per heavy atom. The van der Waals surface area contributed by atoms with Crippen LogP contribution >= 0.6 is 0 Å². The highest BCUT2D eigenvalue weighted by atomic mass is 19.1. The monoisotopic (exact) mass is 321 g/mol. The average Bonchev–Trinajstić information content (AvgIpc) is 3.03. The van der Waals surface area contributed by atoms with Crippen molar-refractivity contribution in [3.8, 4) is 0 Å². The van der Waals surface area contributed by atoms with E-state index in [1.165, 1.54) is 25.3 Å². The molecule has 0 unspecified atom stereocenters. The van der Waals surface area contributed by atoms with Gasteiger partial charge in [0.1, 0.15) is 5.69 Å². The fraction of sp³-hybridized carbons (Fsp3) is 0.143. The maximum absolute atomic E-state index is 13.2. The Morgan fingerprint density at radius 3 is 2.74 bits per heavy atom. The number of benzene rings is 1. The van der Waals surface area contributed by atoms with Gasteiger partial charge < -0.3 is 15.0 Å². The smallest absolute Gasteiger partial charge is 0.355 e. The Balaban J connectivity index is 2.02. The molecule has 0 bridgehead atoms. The topological polar surface area (TPSA) is 114 Å². The van der Waals surface area contributed by atoms with Crippen LogP contribution in [0, 0.1) is 15.9 Å². The van der Waals surface area contributed by atoms with Gasteiger partial charge in [0, 0.05) is 18.0 Å². The molecule has 9 heteroatoms. The van der Waals surface area contributed by atoms with Crippen molar-refractivity contribution in [1.82, 2.24) is 4.98 Å². The number of aromatic nitrogens is 1. The van der Waals surface area contributed by atoms with Gasteiger partial charge >= 0.3 is 11.7 Å². The highest BCUT2D eigenvalue weighted by Gasteiger charge is 2.21. The lowest BCUT2D eigenvalue weighted by molar-refractivity contribution is -0.387. The minimum atomic E-state index is -1.14. The summed E-state index contributed by atoms with van der Waals surface area (Å²) in [6, 6.07) is 5.99. The first-order valence-corrected chi connectivity index (χ1v) is 6.47. The molecule has 0 aliphatic heterocycles. The van der Waals surface area contributed by atoms with Crippen molar-refractivity contribution in [1.29, 1.82) is 0 Å². The summed E-state index contributed by atoms with van der Waals surface area (Å²) < 4.78 is 18.2. The normalized spacial score (nSPS) is 11.6. The lowest BCUT2D eigenvalue weighted by Crippen LogP contribution is -2.30. The molecule has 1 atom stereocenters. The van der Waals surface area contributed by atoms with Crippen LogP contribution < -0.4 is 5.32 Å². The van der Waals surface area contributed by atoms with E-state index in [0.29, 0.717) is 0 Å². The number of anilines is 1. The summed E-state index contributed by atoms with van der Waals surface area (Å²) in [7, 11) is 0. The van der Waals surface area contributed by atoms with Crippen LogP contribution in [0.15, 0.2) is 36.5 Å². The third kappa shape index (κ3) is 3.90. The first-order valence-electron chi connectivity index (χ1n) is 6.47. The molecule has 0 spiro atoms. The molecule has 1 aromatic heterocycles. The Hall–Kier alpha value is -3.23. The number of hydrogen-bond donors (Lipinski definition) is 2. The van der Waals surface area contributed by atoms with Crippen molar-refractivity contribution in [2.45, 2.75) is 13.0 Å².